The van der Waals surface area contributed by atoms with E-state index in [2.05, 4.69) is 17.1 Å². The number of nitrogens with zero attached hydrogens (tertiary/aromatic N) is 4. The summed E-state index contributed by atoms with van der Waals surface area (Å²) >= 11 is 1.74. The van der Waals surface area contributed by atoms with E-state index < -0.39 is 0 Å². The fourth-order valence-corrected chi connectivity index (χ4v) is 5.62. The van der Waals surface area contributed by atoms with Gasteiger partial charge in [-0.15, -0.1) is 21.5 Å². The molecule has 6 heteroatoms. The van der Waals surface area contributed by atoms with E-state index in [-0.39, 0.29) is 5.56 Å². The summed E-state index contributed by atoms with van der Waals surface area (Å²) in [6.07, 6.45) is 3.39. The molecule has 0 N–H and O–H groups in total. The van der Waals surface area contributed by atoms with Crippen LogP contribution in [-0.4, -0.2) is 19.2 Å². The van der Waals surface area contributed by atoms with Crippen LogP contribution in [0.2, 0.25) is 0 Å². The van der Waals surface area contributed by atoms with Crippen molar-refractivity contribution in [3.05, 3.63) is 56.4 Å². The highest BCUT2D eigenvalue weighted by Crippen LogP contribution is 2.41. The Hall–Kier alpha value is -2.47. The summed E-state index contributed by atoms with van der Waals surface area (Å²) in [4.78, 5) is 16.0. The number of thiophene rings is 1. The van der Waals surface area contributed by atoms with Gasteiger partial charge in [-0.3, -0.25) is 9.20 Å². The van der Waals surface area contributed by atoms with Gasteiger partial charge in [0.15, 0.2) is 0 Å². The molecule has 3 heterocycles. The first-order valence-corrected chi connectivity index (χ1v) is 9.87. The highest BCUT2D eigenvalue weighted by molar-refractivity contribution is 7.19. The first-order chi connectivity index (χ1) is 12.6. The molecule has 1 unspecified atom stereocenters. The summed E-state index contributed by atoms with van der Waals surface area (Å²) in [6.45, 7) is 6.23. The Balaban J connectivity index is 1.99. The van der Waals surface area contributed by atoms with E-state index in [1.807, 2.05) is 42.5 Å². The first kappa shape index (κ1) is 15.8. The van der Waals surface area contributed by atoms with Gasteiger partial charge in [-0.2, -0.15) is 0 Å². The lowest BCUT2D eigenvalue weighted by Gasteiger charge is -2.18. The summed E-state index contributed by atoms with van der Waals surface area (Å²) in [5.41, 5.74) is 3.27. The van der Waals surface area contributed by atoms with Crippen LogP contribution in [0, 0.1) is 13.8 Å². The van der Waals surface area contributed by atoms with Crippen molar-refractivity contribution in [1.82, 2.24) is 19.2 Å². The summed E-state index contributed by atoms with van der Waals surface area (Å²) in [6, 6.07) is 8.01. The van der Waals surface area contributed by atoms with Crippen molar-refractivity contribution >= 4 is 27.3 Å². The Morgan fingerprint density at radius 3 is 2.69 bits per heavy atom. The van der Waals surface area contributed by atoms with Gasteiger partial charge in [0.05, 0.1) is 11.1 Å². The van der Waals surface area contributed by atoms with Gasteiger partial charge in [-0.05, 0) is 56.7 Å². The van der Waals surface area contributed by atoms with E-state index in [9.17, 15) is 4.79 Å². The van der Waals surface area contributed by atoms with Gasteiger partial charge in [0.1, 0.15) is 10.7 Å². The van der Waals surface area contributed by atoms with Crippen LogP contribution in [0.5, 0.6) is 0 Å². The predicted octanol–water partition coefficient (Wildman–Crippen LogP) is 4.15. The molecule has 5 rings (SSSR count). The van der Waals surface area contributed by atoms with E-state index in [4.69, 9.17) is 0 Å². The lowest BCUT2D eigenvalue weighted by atomic mass is 9.88. The zero-order chi connectivity index (χ0) is 18.0. The van der Waals surface area contributed by atoms with Crippen LogP contribution in [0.3, 0.4) is 0 Å². The molecule has 1 aliphatic carbocycles. The molecule has 0 fully saturated rings. The average Bonchev–Trinajstić information content (AvgIpc) is 3.18. The van der Waals surface area contributed by atoms with Crippen LogP contribution in [0.1, 0.15) is 47.5 Å². The van der Waals surface area contributed by atoms with Crippen molar-refractivity contribution in [2.24, 2.45) is 0 Å². The second-order valence-corrected chi connectivity index (χ2v) is 8.35. The lowest BCUT2D eigenvalue weighted by molar-refractivity contribution is 0.601. The quantitative estimate of drug-likeness (QED) is 0.510. The molecule has 0 spiro atoms. The molecule has 26 heavy (non-hydrogen) atoms. The third-order valence-electron chi connectivity index (χ3n) is 5.46. The van der Waals surface area contributed by atoms with Crippen molar-refractivity contribution < 1.29 is 0 Å². The Labute approximate surface area is 154 Å². The van der Waals surface area contributed by atoms with Gasteiger partial charge in [0.2, 0.25) is 5.78 Å². The fourth-order valence-electron chi connectivity index (χ4n) is 4.12. The minimum Gasteiger partial charge on any atom is -0.268 e. The molecule has 132 valence electrons. The highest BCUT2D eigenvalue weighted by atomic mass is 32.1. The highest BCUT2D eigenvalue weighted by Gasteiger charge is 2.27. The van der Waals surface area contributed by atoms with Crippen LogP contribution in [0.15, 0.2) is 29.1 Å². The second-order valence-electron chi connectivity index (χ2n) is 7.27. The van der Waals surface area contributed by atoms with E-state index in [1.54, 1.807) is 15.9 Å². The van der Waals surface area contributed by atoms with Crippen LogP contribution in [-0.2, 0) is 6.42 Å². The monoisotopic (exact) mass is 364 g/mol. The van der Waals surface area contributed by atoms with Gasteiger partial charge in [0, 0.05) is 4.88 Å². The number of aromatic nitrogens is 4. The van der Waals surface area contributed by atoms with Gasteiger partial charge in [-0.1, -0.05) is 24.6 Å². The molecule has 0 radical (unpaired) electrons. The van der Waals surface area contributed by atoms with E-state index in [0.717, 1.165) is 40.1 Å². The van der Waals surface area contributed by atoms with Gasteiger partial charge in [0.25, 0.3) is 5.56 Å². The lowest BCUT2D eigenvalue weighted by Crippen LogP contribution is -2.22. The van der Waals surface area contributed by atoms with Crippen molar-refractivity contribution in [1.29, 1.82) is 0 Å². The molecule has 1 aromatic carbocycles. The molecule has 0 saturated carbocycles. The smallest absolute Gasteiger partial charge is 0.268 e. The molecule has 0 amide bonds. The minimum absolute atomic E-state index is 0.0232. The van der Waals surface area contributed by atoms with Crippen LogP contribution in [0.25, 0.3) is 21.7 Å². The van der Waals surface area contributed by atoms with Crippen LogP contribution >= 0.6 is 11.3 Å². The molecule has 0 bridgehead atoms. The number of aryl methyl sites for hydroxylation is 3. The second kappa shape index (κ2) is 5.51. The Kier molecular flexibility index (Phi) is 3.34. The zero-order valence-corrected chi connectivity index (χ0v) is 15.9. The number of hydrogen-bond donors (Lipinski definition) is 0. The molecule has 3 aromatic heterocycles. The van der Waals surface area contributed by atoms with Crippen molar-refractivity contribution in [2.75, 3.05) is 0 Å². The molecule has 5 nitrogen and oxygen atoms in total. The third-order valence-corrected chi connectivity index (χ3v) is 6.71. The maximum Gasteiger partial charge on any atom is 0.268 e. The number of rotatable bonds is 1. The molecule has 0 saturated heterocycles. The van der Waals surface area contributed by atoms with Gasteiger partial charge < -0.3 is 0 Å². The molecule has 4 aromatic rings. The number of hydrogen-bond acceptors (Lipinski definition) is 4. The van der Waals surface area contributed by atoms with Gasteiger partial charge in [-0.25, -0.2) is 4.57 Å². The van der Waals surface area contributed by atoms with Crippen molar-refractivity contribution in [2.45, 2.75) is 46.0 Å². The Morgan fingerprint density at radius 2 is 1.92 bits per heavy atom. The van der Waals surface area contributed by atoms with E-state index >= 15 is 0 Å². The van der Waals surface area contributed by atoms with Crippen LogP contribution in [0.4, 0.5) is 0 Å². The predicted molar refractivity (Wildman–Crippen MR) is 105 cm³/mol. The molecule has 1 aliphatic rings. The third kappa shape index (κ3) is 2.05. The summed E-state index contributed by atoms with van der Waals surface area (Å²) in [7, 11) is 0. The molecule has 1 atom stereocenters. The Morgan fingerprint density at radius 1 is 1.15 bits per heavy atom. The standard InChI is InChI=1S/C20H20N4OS/c1-11-7-9-14(10-8-11)24-18(25)17-16-12(2)5-4-6-15(16)26-19(17)23-13(3)21-22-20(23)24/h7-10,12H,4-6H2,1-3H3. The molecule has 0 aliphatic heterocycles. The summed E-state index contributed by atoms with van der Waals surface area (Å²) in [5, 5.41) is 9.47. The van der Waals surface area contributed by atoms with Crippen LogP contribution < -0.4 is 5.56 Å². The zero-order valence-electron chi connectivity index (χ0n) is 15.1. The maximum atomic E-state index is 13.6. The SMILES string of the molecule is Cc1ccc(-n2c(=O)c3c4c(sc3n3c(C)nnc23)CCCC4C)cc1. The number of benzene rings is 1. The molecular weight excluding hydrogens is 344 g/mol. The van der Waals surface area contributed by atoms with E-state index in [0.29, 0.717) is 11.7 Å². The minimum atomic E-state index is 0.0232. The van der Waals surface area contributed by atoms with Crippen molar-refractivity contribution in [3.8, 4) is 5.69 Å². The summed E-state index contributed by atoms with van der Waals surface area (Å²) < 4.78 is 3.77. The Bertz CT molecular complexity index is 1210. The fraction of sp³-hybridized carbons (Fsp3) is 0.350. The maximum absolute atomic E-state index is 13.6. The van der Waals surface area contributed by atoms with Crippen molar-refractivity contribution in [3.63, 3.8) is 0 Å². The normalized spacial score (nSPS) is 17.1. The first-order valence-electron chi connectivity index (χ1n) is 9.05. The largest absolute Gasteiger partial charge is 0.268 e. The molecular formula is C20H20N4OS. The topological polar surface area (TPSA) is 52.2 Å². The number of fused-ring (bicyclic) bond motifs is 5. The van der Waals surface area contributed by atoms with E-state index in [1.165, 1.54) is 16.9 Å². The van der Waals surface area contributed by atoms with Gasteiger partial charge >= 0.3 is 0 Å². The summed E-state index contributed by atoms with van der Waals surface area (Å²) in [5.74, 6) is 1.83. The average molecular weight is 364 g/mol.